The third kappa shape index (κ3) is 3.39. The van der Waals surface area contributed by atoms with Gasteiger partial charge in [-0.3, -0.25) is 0 Å². The normalized spacial score (nSPS) is 16.4. The molecule has 2 rings (SSSR count). The van der Waals surface area contributed by atoms with Crippen molar-refractivity contribution in [3.05, 3.63) is 23.3 Å². The third-order valence-corrected chi connectivity index (χ3v) is 3.73. The molecular weight excluding hydrogens is 240 g/mol. The van der Waals surface area contributed by atoms with E-state index < -0.39 is 0 Å². The van der Waals surface area contributed by atoms with E-state index in [-0.39, 0.29) is 0 Å². The molecule has 1 N–H and O–H groups in total. The lowest BCUT2D eigenvalue weighted by atomic mass is 10.0. The molecule has 0 aromatic heterocycles. The molecule has 0 atom stereocenters. The second-order valence-electron chi connectivity index (χ2n) is 4.94. The van der Waals surface area contributed by atoms with Crippen molar-refractivity contribution in [1.29, 1.82) is 0 Å². The minimum Gasteiger partial charge on any atom is -0.496 e. The Labute approximate surface area is 115 Å². The molecule has 4 nitrogen and oxygen atoms in total. The summed E-state index contributed by atoms with van der Waals surface area (Å²) < 4.78 is 11.0. The van der Waals surface area contributed by atoms with Crippen LogP contribution >= 0.6 is 0 Å². The standard InChI is InChI=1S/C15H24N2O2/c1-12-4-5-14(18-2)13(15(12)19-3)6-9-17-10-7-16-8-11-17/h4-5,16H,6-11H2,1-3H3. The number of ether oxygens (including phenoxy) is 2. The topological polar surface area (TPSA) is 33.7 Å². The van der Waals surface area contributed by atoms with Gasteiger partial charge >= 0.3 is 0 Å². The van der Waals surface area contributed by atoms with E-state index in [1.165, 1.54) is 11.1 Å². The van der Waals surface area contributed by atoms with Crippen LogP contribution in [0.3, 0.4) is 0 Å². The SMILES string of the molecule is COc1ccc(C)c(OC)c1CCN1CCNCC1. The smallest absolute Gasteiger partial charge is 0.128 e. The quantitative estimate of drug-likeness (QED) is 0.873. The van der Waals surface area contributed by atoms with Crippen LogP contribution in [0.2, 0.25) is 0 Å². The van der Waals surface area contributed by atoms with Gasteiger partial charge in [-0.25, -0.2) is 0 Å². The predicted molar refractivity (Wildman–Crippen MR) is 77.3 cm³/mol. The van der Waals surface area contributed by atoms with Crippen molar-refractivity contribution >= 4 is 0 Å². The first kappa shape index (κ1) is 14.2. The Balaban J connectivity index is 2.10. The van der Waals surface area contributed by atoms with Crippen LogP contribution in [0.1, 0.15) is 11.1 Å². The molecule has 19 heavy (non-hydrogen) atoms. The summed E-state index contributed by atoms with van der Waals surface area (Å²) in [6, 6.07) is 4.08. The summed E-state index contributed by atoms with van der Waals surface area (Å²) in [5.41, 5.74) is 2.35. The van der Waals surface area contributed by atoms with Crippen LogP contribution in [0, 0.1) is 6.92 Å². The first-order valence-electron chi connectivity index (χ1n) is 6.89. The third-order valence-electron chi connectivity index (χ3n) is 3.73. The molecule has 0 saturated carbocycles. The van der Waals surface area contributed by atoms with Crippen LogP contribution in [-0.2, 0) is 6.42 Å². The lowest BCUT2D eigenvalue weighted by Gasteiger charge is -2.27. The van der Waals surface area contributed by atoms with Gasteiger partial charge in [0.05, 0.1) is 14.2 Å². The number of hydrogen-bond donors (Lipinski definition) is 1. The molecule has 0 spiro atoms. The number of hydrogen-bond acceptors (Lipinski definition) is 4. The molecule has 4 heteroatoms. The maximum Gasteiger partial charge on any atom is 0.128 e. The number of benzene rings is 1. The van der Waals surface area contributed by atoms with Crippen LogP contribution in [0.15, 0.2) is 12.1 Å². The molecular formula is C15H24N2O2. The van der Waals surface area contributed by atoms with Gasteiger partial charge < -0.3 is 19.7 Å². The van der Waals surface area contributed by atoms with Crippen molar-refractivity contribution in [3.63, 3.8) is 0 Å². The Bertz CT molecular complexity index is 415. The summed E-state index contributed by atoms with van der Waals surface area (Å²) in [5.74, 6) is 1.90. The van der Waals surface area contributed by atoms with E-state index in [1.54, 1.807) is 14.2 Å². The van der Waals surface area contributed by atoms with Crippen LogP contribution < -0.4 is 14.8 Å². The summed E-state index contributed by atoms with van der Waals surface area (Å²) >= 11 is 0. The van der Waals surface area contributed by atoms with E-state index in [2.05, 4.69) is 17.1 Å². The fourth-order valence-electron chi connectivity index (χ4n) is 2.64. The second-order valence-corrected chi connectivity index (χ2v) is 4.94. The molecule has 1 fully saturated rings. The monoisotopic (exact) mass is 264 g/mol. The summed E-state index contributed by atoms with van der Waals surface area (Å²) in [4.78, 5) is 2.48. The fraction of sp³-hybridized carbons (Fsp3) is 0.600. The lowest BCUT2D eigenvalue weighted by Crippen LogP contribution is -2.44. The predicted octanol–water partition coefficient (Wildman–Crippen LogP) is 1.46. The number of aryl methyl sites for hydroxylation is 1. The van der Waals surface area contributed by atoms with Gasteiger partial charge in [-0.1, -0.05) is 6.07 Å². The van der Waals surface area contributed by atoms with Gasteiger partial charge in [0.25, 0.3) is 0 Å². The Morgan fingerprint density at radius 1 is 1.16 bits per heavy atom. The van der Waals surface area contributed by atoms with E-state index in [9.17, 15) is 0 Å². The Morgan fingerprint density at radius 2 is 1.89 bits per heavy atom. The highest BCUT2D eigenvalue weighted by Gasteiger charge is 2.15. The van der Waals surface area contributed by atoms with Crippen molar-refractivity contribution in [3.8, 4) is 11.5 Å². The van der Waals surface area contributed by atoms with E-state index in [0.29, 0.717) is 0 Å². The summed E-state index contributed by atoms with van der Waals surface area (Å²) in [7, 11) is 3.45. The molecule has 106 valence electrons. The van der Waals surface area contributed by atoms with E-state index in [0.717, 1.165) is 50.6 Å². The molecule has 1 aromatic carbocycles. The Kier molecular flexibility index (Phi) is 5.05. The molecule has 0 amide bonds. The highest BCUT2D eigenvalue weighted by molar-refractivity contribution is 5.49. The highest BCUT2D eigenvalue weighted by atomic mass is 16.5. The molecule has 1 aliphatic heterocycles. The van der Waals surface area contributed by atoms with Crippen molar-refractivity contribution in [2.45, 2.75) is 13.3 Å². The molecule has 1 aliphatic rings. The summed E-state index contributed by atoms with van der Waals surface area (Å²) in [5, 5.41) is 3.38. The fourth-order valence-corrected chi connectivity index (χ4v) is 2.64. The van der Waals surface area contributed by atoms with Crippen molar-refractivity contribution in [2.24, 2.45) is 0 Å². The van der Waals surface area contributed by atoms with E-state index in [4.69, 9.17) is 9.47 Å². The molecule has 0 radical (unpaired) electrons. The van der Waals surface area contributed by atoms with Crippen LogP contribution in [0.25, 0.3) is 0 Å². The molecule has 1 heterocycles. The summed E-state index contributed by atoms with van der Waals surface area (Å²) in [6.45, 7) is 7.54. The van der Waals surface area contributed by atoms with Crippen LogP contribution in [0.5, 0.6) is 11.5 Å². The molecule has 0 unspecified atom stereocenters. The number of nitrogens with zero attached hydrogens (tertiary/aromatic N) is 1. The Hall–Kier alpha value is -1.26. The maximum absolute atomic E-state index is 5.55. The molecule has 0 aliphatic carbocycles. The molecule has 0 bridgehead atoms. The maximum atomic E-state index is 5.55. The Morgan fingerprint density at radius 3 is 2.53 bits per heavy atom. The van der Waals surface area contributed by atoms with Gasteiger partial charge in [0.2, 0.25) is 0 Å². The van der Waals surface area contributed by atoms with Crippen molar-refractivity contribution in [1.82, 2.24) is 10.2 Å². The number of rotatable bonds is 5. The minimum absolute atomic E-state index is 0.928. The number of methoxy groups -OCH3 is 2. The van der Waals surface area contributed by atoms with E-state index >= 15 is 0 Å². The van der Waals surface area contributed by atoms with Crippen LogP contribution in [-0.4, -0.2) is 51.8 Å². The van der Waals surface area contributed by atoms with Gasteiger partial charge in [-0.05, 0) is 25.0 Å². The van der Waals surface area contributed by atoms with Crippen molar-refractivity contribution in [2.75, 3.05) is 46.9 Å². The van der Waals surface area contributed by atoms with Crippen molar-refractivity contribution < 1.29 is 9.47 Å². The zero-order chi connectivity index (χ0) is 13.7. The first-order valence-corrected chi connectivity index (χ1v) is 6.89. The van der Waals surface area contributed by atoms with Gasteiger partial charge in [0.1, 0.15) is 11.5 Å². The number of piperazine rings is 1. The lowest BCUT2D eigenvalue weighted by molar-refractivity contribution is 0.242. The summed E-state index contributed by atoms with van der Waals surface area (Å²) in [6.07, 6.45) is 0.966. The van der Waals surface area contributed by atoms with Gasteiger partial charge in [-0.2, -0.15) is 0 Å². The second kappa shape index (κ2) is 6.78. The molecule has 1 saturated heterocycles. The van der Waals surface area contributed by atoms with E-state index in [1.807, 2.05) is 12.1 Å². The van der Waals surface area contributed by atoms with Crippen LogP contribution in [0.4, 0.5) is 0 Å². The van der Waals surface area contributed by atoms with Gasteiger partial charge in [0.15, 0.2) is 0 Å². The average Bonchev–Trinajstić information content (AvgIpc) is 2.46. The van der Waals surface area contributed by atoms with Gasteiger partial charge in [-0.15, -0.1) is 0 Å². The highest BCUT2D eigenvalue weighted by Crippen LogP contribution is 2.32. The minimum atomic E-state index is 0.928. The largest absolute Gasteiger partial charge is 0.496 e. The zero-order valence-electron chi connectivity index (χ0n) is 12.2. The van der Waals surface area contributed by atoms with Gasteiger partial charge in [0, 0.05) is 38.3 Å². The zero-order valence-corrected chi connectivity index (χ0v) is 12.2. The molecule has 1 aromatic rings. The number of nitrogens with one attached hydrogen (secondary N) is 1. The average molecular weight is 264 g/mol. The first-order chi connectivity index (χ1) is 9.26.